The number of rotatable bonds is 11. The first-order chi connectivity index (χ1) is 16.1. The van der Waals surface area contributed by atoms with E-state index in [1.807, 2.05) is 18.2 Å². The van der Waals surface area contributed by atoms with E-state index in [1.54, 1.807) is 32.9 Å². The zero-order valence-corrected chi connectivity index (χ0v) is 20.1. The predicted octanol–water partition coefficient (Wildman–Crippen LogP) is 5.38. The van der Waals surface area contributed by atoms with Crippen LogP contribution >= 0.6 is 0 Å². The Morgan fingerprint density at radius 3 is 1.85 bits per heavy atom. The van der Waals surface area contributed by atoms with Gasteiger partial charge in [0.15, 0.2) is 0 Å². The third-order valence-corrected chi connectivity index (χ3v) is 5.17. The van der Waals surface area contributed by atoms with E-state index in [-0.39, 0.29) is 25.0 Å². The normalized spacial score (nSPS) is 14.7. The molecule has 6 heteroatoms. The molecule has 1 aliphatic rings. The number of hydrogen-bond acceptors (Lipinski definition) is 6. The van der Waals surface area contributed by atoms with Gasteiger partial charge in [-0.25, -0.2) is 14.4 Å². The summed E-state index contributed by atoms with van der Waals surface area (Å²) in [5, 5.41) is 0. The molecule has 1 unspecified atom stereocenters. The van der Waals surface area contributed by atoms with E-state index in [0.29, 0.717) is 28.9 Å². The van der Waals surface area contributed by atoms with Gasteiger partial charge in [0, 0.05) is 28.6 Å². The Morgan fingerprint density at radius 2 is 1.41 bits per heavy atom. The van der Waals surface area contributed by atoms with E-state index in [1.165, 1.54) is 0 Å². The Labute approximate surface area is 201 Å². The van der Waals surface area contributed by atoms with E-state index in [2.05, 4.69) is 31.9 Å². The molecule has 1 atom stereocenters. The number of benzene rings is 1. The van der Waals surface area contributed by atoms with Crippen molar-refractivity contribution in [2.24, 2.45) is 5.92 Å². The van der Waals surface area contributed by atoms with E-state index in [9.17, 15) is 14.4 Å². The van der Waals surface area contributed by atoms with Gasteiger partial charge >= 0.3 is 17.9 Å². The van der Waals surface area contributed by atoms with Crippen molar-refractivity contribution in [3.8, 4) is 5.75 Å². The van der Waals surface area contributed by atoms with Crippen molar-refractivity contribution < 1.29 is 28.6 Å². The van der Waals surface area contributed by atoms with Gasteiger partial charge in [-0.05, 0) is 51.3 Å². The van der Waals surface area contributed by atoms with Crippen LogP contribution in [0.25, 0.3) is 0 Å². The molecule has 6 nitrogen and oxygen atoms in total. The topological polar surface area (TPSA) is 78.9 Å². The molecule has 0 saturated heterocycles. The molecule has 0 radical (unpaired) electrons. The fourth-order valence-electron chi connectivity index (χ4n) is 3.17. The molecule has 0 N–H and O–H groups in total. The van der Waals surface area contributed by atoms with Crippen LogP contribution in [0.1, 0.15) is 45.1 Å². The minimum absolute atomic E-state index is 0.119. The van der Waals surface area contributed by atoms with Gasteiger partial charge in [-0.3, -0.25) is 0 Å². The third kappa shape index (κ3) is 8.35. The lowest BCUT2D eigenvalue weighted by atomic mass is 9.87. The highest BCUT2D eigenvalue weighted by molar-refractivity contribution is 5.89. The van der Waals surface area contributed by atoms with Crippen molar-refractivity contribution in [3.05, 3.63) is 90.1 Å². The minimum Gasteiger partial charge on any atom is -0.462 e. The van der Waals surface area contributed by atoms with Crippen molar-refractivity contribution >= 4 is 17.9 Å². The maximum atomic E-state index is 11.8. The fourth-order valence-corrected chi connectivity index (χ4v) is 3.17. The fraction of sp³-hybridized carbons (Fsp3) is 0.321. The molecular formula is C28H32O6. The Kier molecular flexibility index (Phi) is 9.80. The molecular weight excluding hydrogens is 432 g/mol. The third-order valence-electron chi connectivity index (χ3n) is 5.17. The van der Waals surface area contributed by atoms with Crippen molar-refractivity contribution in [2.45, 2.75) is 39.5 Å². The number of carbonyl (C=O) groups is 3. The van der Waals surface area contributed by atoms with Crippen molar-refractivity contribution in [1.82, 2.24) is 0 Å². The highest BCUT2D eigenvalue weighted by atomic mass is 16.5. The molecule has 0 aliphatic heterocycles. The standard InChI is InChI=1S/C28H32O6/c1-18(2)26(29)32-16-22(17-33-27(30)19(3)4)15-21-7-9-23(10-8-21)24-11-13-25(14-12-24)34-28(31)20(5)6/h7-9,11-14,22-23H,1,3,5,10,15-17H2,2,4,6H3. The van der Waals surface area contributed by atoms with Gasteiger partial charge in [-0.2, -0.15) is 0 Å². The maximum absolute atomic E-state index is 11.8. The summed E-state index contributed by atoms with van der Waals surface area (Å²) in [4.78, 5) is 35.2. The van der Waals surface area contributed by atoms with Crippen LogP contribution in [0.2, 0.25) is 0 Å². The van der Waals surface area contributed by atoms with Crippen LogP contribution in [0.5, 0.6) is 5.75 Å². The largest absolute Gasteiger partial charge is 0.462 e. The SMILES string of the molecule is C=C(C)C(=O)OCC(COC(=O)C(=C)C)CC1=CCC(c2ccc(OC(=O)C(=C)C)cc2)C=C1. The Bertz CT molecular complexity index is 995. The van der Waals surface area contributed by atoms with Gasteiger partial charge in [-0.1, -0.05) is 55.7 Å². The van der Waals surface area contributed by atoms with Crippen LogP contribution in [0, 0.1) is 5.92 Å². The molecule has 1 aromatic carbocycles. The van der Waals surface area contributed by atoms with Gasteiger partial charge in [0.25, 0.3) is 0 Å². The second-order valence-corrected chi connectivity index (χ2v) is 8.55. The molecule has 1 aliphatic carbocycles. The average molecular weight is 465 g/mol. The predicted molar refractivity (Wildman–Crippen MR) is 131 cm³/mol. The Balaban J connectivity index is 1.98. The van der Waals surface area contributed by atoms with E-state index in [0.717, 1.165) is 17.6 Å². The van der Waals surface area contributed by atoms with Crippen LogP contribution in [0.3, 0.4) is 0 Å². The van der Waals surface area contributed by atoms with E-state index in [4.69, 9.17) is 14.2 Å². The number of allylic oxidation sites excluding steroid dienone is 4. The first-order valence-corrected chi connectivity index (χ1v) is 11.1. The number of carbonyl (C=O) groups excluding carboxylic acids is 3. The molecule has 0 saturated carbocycles. The molecule has 0 fully saturated rings. The first-order valence-electron chi connectivity index (χ1n) is 11.1. The Morgan fingerprint density at radius 1 is 0.882 bits per heavy atom. The second kappa shape index (κ2) is 12.5. The van der Waals surface area contributed by atoms with Gasteiger partial charge in [0.05, 0.1) is 13.2 Å². The molecule has 0 spiro atoms. The monoisotopic (exact) mass is 464 g/mol. The summed E-state index contributed by atoms with van der Waals surface area (Å²) in [6.07, 6.45) is 7.67. The van der Waals surface area contributed by atoms with Crippen molar-refractivity contribution in [1.29, 1.82) is 0 Å². The smallest absolute Gasteiger partial charge is 0.338 e. The van der Waals surface area contributed by atoms with Crippen LogP contribution in [-0.4, -0.2) is 31.1 Å². The number of ether oxygens (including phenoxy) is 3. The average Bonchev–Trinajstić information content (AvgIpc) is 2.81. The van der Waals surface area contributed by atoms with Crippen LogP contribution in [-0.2, 0) is 23.9 Å². The summed E-state index contributed by atoms with van der Waals surface area (Å²) in [5.41, 5.74) is 3.16. The molecule has 2 rings (SSSR count). The quantitative estimate of drug-likeness (QED) is 0.248. The van der Waals surface area contributed by atoms with Crippen LogP contribution in [0.4, 0.5) is 0 Å². The van der Waals surface area contributed by atoms with Gasteiger partial charge in [0.2, 0.25) is 0 Å². The summed E-state index contributed by atoms with van der Waals surface area (Å²) >= 11 is 0. The Hall–Kier alpha value is -3.67. The zero-order chi connectivity index (χ0) is 25.3. The lowest BCUT2D eigenvalue weighted by Crippen LogP contribution is -2.22. The highest BCUT2D eigenvalue weighted by Gasteiger charge is 2.19. The molecule has 34 heavy (non-hydrogen) atoms. The summed E-state index contributed by atoms with van der Waals surface area (Å²) in [6, 6.07) is 7.41. The van der Waals surface area contributed by atoms with Crippen LogP contribution in [0.15, 0.2) is 84.5 Å². The van der Waals surface area contributed by atoms with E-state index >= 15 is 0 Å². The highest BCUT2D eigenvalue weighted by Crippen LogP contribution is 2.30. The van der Waals surface area contributed by atoms with Crippen molar-refractivity contribution in [3.63, 3.8) is 0 Å². The molecule has 180 valence electrons. The molecule has 0 heterocycles. The van der Waals surface area contributed by atoms with Gasteiger partial charge in [0.1, 0.15) is 5.75 Å². The summed E-state index contributed by atoms with van der Waals surface area (Å²) in [7, 11) is 0. The van der Waals surface area contributed by atoms with Gasteiger partial charge in [-0.15, -0.1) is 0 Å². The van der Waals surface area contributed by atoms with Crippen molar-refractivity contribution in [2.75, 3.05) is 13.2 Å². The van der Waals surface area contributed by atoms with Gasteiger partial charge < -0.3 is 14.2 Å². The first kappa shape index (κ1) is 26.6. The zero-order valence-electron chi connectivity index (χ0n) is 20.1. The number of esters is 3. The maximum Gasteiger partial charge on any atom is 0.338 e. The lowest BCUT2D eigenvalue weighted by molar-refractivity contribution is -0.144. The summed E-state index contributed by atoms with van der Waals surface area (Å²) < 4.78 is 15.8. The molecule has 0 bridgehead atoms. The molecule has 0 amide bonds. The lowest BCUT2D eigenvalue weighted by Gasteiger charge is -2.21. The van der Waals surface area contributed by atoms with E-state index < -0.39 is 17.9 Å². The summed E-state index contributed by atoms with van der Waals surface area (Å²) in [6.45, 7) is 15.8. The van der Waals surface area contributed by atoms with Crippen LogP contribution < -0.4 is 4.74 Å². The summed E-state index contributed by atoms with van der Waals surface area (Å²) in [5.74, 6) is -0.917. The second-order valence-electron chi connectivity index (χ2n) is 8.55. The number of hydrogen-bond donors (Lipinski definition) is 0. The molecule has 1 aromatic rings. The molecule has 0 aromatic heterocycles. The minimum atomic E-state index is -0.471.